The number of carbonyl (C=O) groups excluding carboxylic acids is 1. The molecule has 0 unspecified atom stereocenters. The molecule has 0 radical (unpaired) electrons. The number of carbonyl (C=O) groups is 1. The first-order valence-corrected chi connectivity index (χ1v) is 10.1. The van der Waals surface area contributed by atoms with Crippen LogP contribution in [0.4, 0.5) is 0 Å². The molecule has 0 bridgehead atoms. The van der Waals surface area contributed by atoms with Gasteiger partial charge in [-0.1, -0.05) is 102 Å². The van der Waals surface area contributed by atoms with E-state index in [1.54, 1.807) is 12.1 Å². The first-order valence-electron chi connectivity index (χ1n) is 10.1. The number of hydrogen-bond acceptors (Lipinski definition) is 2. The summed E-state index contributed by atoms with van der Waals surface area (Å²) >= 11 is 0. The van der Waals surface area contributed by atoms with Crippen LogP contribution in [0, 0.1) is 0 Å². The lowest BCUT2D eigenvalue weighted by Crippen LogP contribution is -2.06. The van der Waals surface area contributed by atoms with Crippen molar-refractivity contribution < 1.29 is 9.53 Å². The Labute approximate surface area is 149 Å². The molecule has 2 nitrogen and oxygen atoms in total. The maximum absolute atomic E-state index is 11.7. The van der Waals surface area contributed by atoms with Crippen molar-refractivity contribution >= 4 is 5.97 Å². The SMILES string of the molecule is CCCCCCCCCCCCCCCOC(=O)c1ccccc1. The van der Waals surface area contributed by atoms with E-state index >= 15 is 0 Å². The molecule has 0 spiro atoms. The van der Waals surface area contributed by atoms with E-state index in [9.17, 15) is 4.79 Å². The van der Waals surface area contributed by atoms with E-state index < -0.39 is 0 Å². The number of benzene rings is 1. The van der Waals surface area contributed by atoms with Gasteiger partial charge in [0.15, 0.2) is 0 Å². The van der Waals surface area contributed by atoms with Crippen molar-refractivity contribution in [1.29, 1.82) is 0 Å². The summed E-state index contributed by atoms with van der Waals surface area (Å²) in [5, 5.41) is 0. The van der Waals surface area contributed by atoms with Crippen LogP contribution in [0.2, 0.25) is 0 Å². The number of ether oxygens (including phenoxy) is 1. The van der Waals surface area contributed by atoms with E-state index in [1.807, 2.05) is 18.2 Å². The molecule has 0 aliphatic rings. The third-order valence-corrected chi connectivity index (χ3v) is 4.49. The maximum Gasteiger partial charge on any atom is 0.338 e. The second-order valence-corrected chi connectivity index (χ2v) is 6.74. The number of unbranched alkanes of at least 4 members (excludes halogenated alkanes) is 12. The Kier molecular flexibility index (Phi) is 13.2. The average molecular weight is 333 g/mol. The van der Waals surface area contributed by atoms with Gasteiger partial charge in [-0.05, 0) is 18.6 Å². The minimum Gasteiger partial charge on any atom is -0.462 e. The maximum atomic E-state index is 11.7. The molecule has 24 heavy (non-hydrogen) atoms. The molecule has 0 N–H and O–H groups in total. The predicted octanol–water partition coefficient (Wildman–Crippen LogP) is 6.93. The molecule has 0 aliphatic heterocycles. The number of esters is 1. The molecule has 2 heteroatoms. The van der Waals surface area contributed by atoms with Crippen molar-refractivity contribution in [3.63, 3.8) is 0 Å². The van der Waals surface area contributed by atoms with Gasteiger partial charge in [0.1, 0.15) is 0 Å². The molecule has 0 aromatic heterocycles. The highest BCUT2D eigenvalue weighted by Gasteiger charge is 2.04. The van der Waals surface area contributed by atoms with Gasteiger partial charge in [-0.25, -0.2) is 4.79 Å². The first-order chi connectivity index (χ1) is 11.8. The molecule has 0 aliphatic carbocycles. The van der Waals surface area contributed by atoms with Crippen molar-refractivity contribution in [1.82, 2.24) is 0 Å². The van der Waals surface area contributed by atoms with Crippen LogP contribution in [0.5, 0.6) is 0 Å². The molecule has 136 valence electrons. The highest BCUT2D eigenvalue weighted by Crippen LogP contribution is 2.12. The zero-order chi connectivity index (χ0) is 17.3. The standard InChI is InChI=1S/C22H36O2/c1-2-3-4-5-6-7-8-9-10-11-12-13-17-20-24-22(23)21-18-15-14-16-19-21/h14-16,18-19H,2-13,17,20H2,1H3. The molecule has 0 atom stereocenters. The van der Waals surface area contributed by atoms with Gasteiger partial charge in [-0.2, -0.15) is 0 Å². The van der Waals surface area contributed by atoms with E-state index in [-0.39, 0.29) is 5.97 Å². The summed E-state index contributed by atoms with van der Waals surface area (Å²) in [6.45, 7) is 2.82. The Morgan fingerprint density at radius 2 is 1.17 bits per heavy atom. The van der Waals surface area contributed by atoms with Crippen LogP contribution in [-0.4, -0.2) is 12.6 Å². The Hall–Kier alpha value is -1.31. The van der Waals surface area contributed by atoms with Gasteiger partial charge in [0.2, 0.25) is 0 Å². The minimum atomic E-state index is -0.200. The number of hydrogen-bond donors (Lipinski definition) is 0. The largest absolute Gasteiger partial charge is 0.462 e. The summed E-state index contributed by atoms with van der Waals surface area (Å²) in [7, 11) is 0. The molecule has 1 aromatic rings. The van der Waals surface area contributed by atoms with Gasteiger partial charge < -0.3 is 4.74 Å². The van der Waals surface area contributed by atoms with Gasteiger partial charge in [0, 0.05) is 0 Å². The molecule has 0 saturated heterocycles. The second-order valence-electron chi connectivity index (χ2n) is 6.74. The molecule has 0 heterocycles. The van der Waals surface area contributed by atoms with Gasteiger partial charge >= 0.3 is 5.97 Å². The predicted molar refractivity (Wildman–Crippen MR) is 102 cm³/mol. The fraction of sp³-hybridized carbons (Fsp3) is 0.682. The van der Waals surface area contributed by atoms with Crippen molar-refractivity contribution in [3.05, 3.63) is 35.9 Å². The Bertz CT molecular complexity index is 400. The third-order valence-electron chi connectivity index (χ3n) is 4.49. The van der Waals surface area contributed by atoms with E-state index in [4.69, 9.17) is 4.74 Å². The molecular weight excluding hydrogens is 296 g/mol. The summed E-state index contributed by atoms with van der Waals surface area (Å²) in [5.74, 6) is -0.200. The van der Waals surface area contributed by atoms with Crippen LogP contribution in [0.15, 0.2) is 30.3 Å². The molecule has 0 fully saturated rings. The lowest BCUT2D eigenvalue weighted by molar-refractivity contribution is 0.0497. The fourth-order valence-corrected chi connectivity index (χ4v) is 2.94. The first kappa shape index (κ1) is 20.7. The van der Waals surface area contributed by atoms with Crippen molar-refractivity contribution in [2.75, 3.05) is 6.61 Å². The second kappa shape index (κ2) is 15.2. The van der Waals surface area contributed by atoms with Crippen molar-refractivity contribution in [2.45, 2.75) is 90.4 Å². The third kappa shape index (κ3) is 11.3. The van der Waals surface area contributed by atoms with Crippen LogP contribution < -0.4 is 0 Å². The van der Waals surface area contributed by atoms with Crippen LogP contribution in [0.25, 0.3) is 0 Å². The zero-order valence-electron chi connectivity index (χ0n) is 15.6. The van der Waals surface area contributed by atoms with E-state index in [2.05, 4.69) is 6.92 Å². The van der Waals surface area contributed by atoms with E-state index in [0.717, 1.165) is 6.42 Å². The van der Waals surface area contributed by atoms with Gasteiger partial charge in [0.05, 0.1) is 12.2 Å². The zero-order valence-corrected chi connectivity index (χ0v) is 15.6. The van der Waals surface area contributed by atoms with E-state index in [1.165, 1.54) is 77.0 Å². The smallest absolute Gasteiger partial charge is 0.338 e. The minimum absolute atomic E-state index is 0.200. The molecule has 1 rings (SSSR count). The summed E-state index contributed by atoms with van der Waals surface area (Å²) in [4.78, 5) is 11.7. The number of rotatable bonds is 15. The summed E-state index contributed by atoms with van der Waals surface area (Å²) in [6.07, 6.45) is 17.3. The Morgan fingerprint density at radius 3 is 1.67 bits per heavy atom. The van der Waals surface area contributed by atoms with Gasteiger partial charge in [-0.3, -0.25) is 0 Å². The van der Waals surface area contributed by atoms with Crippen LogP contribution in [0.1, 0.15) is 101 Å². The lowest BCUT2D eigenvalue weighted by Gasteiger charge is -2.05. The Balaban J connectivity index is 1.80. The van der Waals surface area contributed by atoms with Crippen LogP contribution in [-0.2, 0) is 4.74 Å². The monoisotopic (exact) mass is 332 g/mol. The van der Waals surface area contributed by atoms with Crippen LogP contribution in [0.3, 0.4) is 0 Å². The molecule has 0 saturated carbocycles. The highest BCUT2D eigenvalue weighted by molar-refractivity contribution is 5.89. The quantitative estimate of drug-likeness (QED) is 0.257. The lowest BCUT2D eigenvalue weighted by atomic mass is 10.0. The average Bonchev–Trinajstić information content (AvgIpc) is 2.62. The molecular formula is C22H36O2. The topological polar surface area (TPSA) is 26.3 Å². The molecule has 1 aromatic carbocycles. The fourth-order valence-electron chi connectivity index (χ4n) is 2.94. The molecule has 0 amide bonds. The summed E-state index contributed by atoms with van der Waals surface area (Å²) < 4.78 is 5.29. The van der Waals surface area contributed by atoms with E-state index in [0.29, 0.717) is 12.2 Å². The highest BCUT2D eigenvalue weighted by atomic mass is 16.5. The van der Waals surface area contributed by atoms with Gasteiger partial charge in [-0.15, -0.1) is 0 Å². The van der Waals surface area contributed by atoms with Crippen molar-refractivity contribution in [2.24, 2.45) is 0 Å². The van der Waals surface area contributed by atoms with Gasteiger partial charge in [0.25, 0.3) is 0 Å². The summed E-state index contributed by atoms with van der Waals surface area (Å²) in [5.41, 5.74) is 0.646. The normalized spacial score (nSPS) is 10.7. The summed E-state index contributed by atoms with van der Waals surface area (Å²) in [6, 6.07) is 9.23. The van der Waals surface area contributed by atoms with Crippen molar-refractivity contribution in [3.8, 4) is 0 Å². The Morgan fingerprint density at radius 1 is 0.708 bits per heavy atom. The van der Waals surface area contributed by atoms with Crippen LogP contribution >= 0.6 is 0 Å².